The number of benzene rings is 1. The lowest BCUT2D eigenvalue weighted by Gasteiger charge is -2.15. The minimum atomic E-state index is -0.195. The fourth-order valence-electron chi connectivity index (χ4n) is 2.35. The van der Waals surface area contributed by atoms with Gasteiger partial charge in [0, 0.05) is 17.3 Å². The molecule has 94 valence electrons. The molecule has 0 bridgehead atoms. The van der Waals surface area contributed by atoms with E-state index < -0.39 is 0 Å². The molecular formula is C14H15FN2S. The van der Waals surface area contributed by atoms with Crippen molar-refractivity contribution in [1.29, 1.82) is 0 Å². The number of aromatic nitrogens is 1. The number of nitrogens with two attached hydrogens (primary N) is 1. The second-order valence-corrected chi connectivity index (χ2v) is 5.89. The molecule has 2 aromatic rings. The van der Waals surface area contributed by atoms with E-state index in [-0.39, 0.29) is 11.9 Å². The van der Waals surface area contributed by atoms with Crippen molar-refractivity contribution in [3.8, 4) is 0 Å². The van der Waals surface area contributed by atoms with Crippen molar-refractivity contribution >= 4 is 11.3 Å². The fraction of sp³-hybridized carbons (Fsp3) is 0.357. The van der Waals surface area contributed by atoms with Crippen LogP contribution in [0.1, 0.15) is 40.0 Å². The summed E-state index contributed by atoms with van der Waals surface area (Å²) in [6.07, 6.45) is 4.06. The van der Waals surface area contributed by atoms with Gasteiger partial charge in [0.25, 0.3) is 0 Å². The van der Waals surface area contributed by atoms with Gasteiger partial charge in [0.1, 0.15) is 5.82 Å². The van der Waals surface area contributed by atoms with Gasteiger partial charge in [-0.15, -0.1) is 11.3 Å². The van der Waals surface area contributed by atoms with Crippen molar-refractivity contribution in [3.63, 3.8) is 0 Å². The summed E-state index contributed by atoms with van der Waals surface area (Å²) in [6, 6.07) is 6.72. The zero-order chi connectivity index (χ0) is 12.5. The number of thiazole rings is 1. The molecule has 1 atom stereocenters. The molecule has 0 fully saturated rings. The van der Waals surface area contributed by atoms with Gasteiger partial charge < -0.3 is 5.73 Å². The molecule has 4 heteroatoms. The summed E-state index contributed by atoms with van der Waals surface area (Å²) in [4.78, 5) is 5.99. The lowest BCUT2D eigenvalue weighted by Crippen LogP contribution is -2.16. The number of rotatable bonds is 2. The van der Waals surface area contributed by atoms with Crippen LogP contribution in [0.25, 0.3) is 0 Å². The van der Waals surface area contributed by atoms with Gasteiger partial charge in [-0.2, -0.15) is 0 Å². The van der Waals surface area contributed by atoms with Gasteiger partial charge in [-0.3, -0.25) is 0 Å². The lowest BCUT2D eigenvalue weighted by molar-refractivity contribution is 0.562. The SMILES string of the molecule is NC1CCCc2sc(Cc3ccc(F)cc3)nc21. The summed E-state index contributed by atoms with van der Waals surface area (Å²) in [5, 5.41) is 1.09. The predicted octanol–water partition coefficient (Wildman–Crippen LogP) is 3.21. The average Bonchev–Trinajstić information content (AvgIpc) is 2.76. The number of halogens is 1. The molecular weight excluding hydrogens is 247 g/mol. The van der Waals surface area contributed by atoms with E-state index in [1.54, 1.807) is 11.3 Å². The molecule has 1 aliphatic carbocycles. The molecule has 0 radical (unpaired) electrons. The van der Waals surface area contributed by atoms with E-state index in [0.717, 1.165) is 41.9 Å². The first-order valence-corrected chi connectivity index (χ1v) is 7.02. The second kappa shape index (κ2) is 4.78. The number of hydrogen-bond donors (Lipinski definition) is 1. The van der Waals surface area contributed by atoms with Crippen LogP contribution in [-0.4, -0.2) is 4.98 Å². The zero-order valence-electron chi connectivity index (χ0n) is 10.0. The van der Waals surface area contributed by atoms with E-state index in [9.17, 15) is 4.39 Å². The molecule has 1 aromatic heterocycles. The van der Waals surface area contributed by atoms with E-state index in [0.29, 0.717) is 0 Å². The molecule has 0 saturated heterocycles. The monoisotopic (exact) mass is 262 g/mol. The smallest absolute Gasteiger partial charge is 0.123 e. The van der Waals surface area contributed by atoms with Crippen molar-refractivity contribution in [1.82, 2.24) is 4.98 Å². The third-order valence-electron chi connectivity index (χ3n) is 3.31. The number of hydrogen-bond acceptors (Lipinski definition) is 3. The molecule has 0 amide bonds. The van der Waals surface area contributed by atoms with Crippen molar-refractivity contribution in [2.75, 3.05) is 0 Å². The second-order valence-electron chi connectivity index (χ2n) is 4.72. The van der Waals surface area contributed by atoms with Crippen molar-refractivity contribution in [3.05, 3.63) is 51.2 Å². The summed E-state index contributed by atoms with van der Waals surface area (Å²) in [7, 11) is 0. The molecule has 1 aromatic carbocycles. The van der Waals surface area contributed by atoms with Crippen LogP contribution in [0.3, 0.4) is 0 Å². The van der Waals surface area contributed by atoms with Crippen molar-refractivity contribution in [2.45, 2.75) is 31.7 Å². The molecule has 1 unspecified atom stereocenters. The van der Waals surface area contributed by atoms with Crippen LogP contribution in [0.4, 0.5) is 4.39 Å². The van der Waals surface area contributed by atoms with E-state index >= 15 is 0 Å². The molecule has 1 heterocycles. The molecule has 2 N–H and O–H groups in total. The maximum absolute atomic E-state index is 12.8. The van der Waals surface area contributed by atoms with E-state index in [2.05, 4.69) is 4.98 Å². The van der Waals surface area contributed by atoms with Crippen LogP contribution in [-0.2, 0) is 12.8 Å². The quantitative estimate of drug-likeness (QED) is 0.902. The maximum atomic E-state index is 12.8. The summed E-state index contributed by atoms with van der Waals surface area (Å²) >= 11 is 1.75. The third-order valence-corrected chi connectivity index (χ3v) is 4.44. The Bertz CT molecular complexity index is 547. The number of aryl methyl sites for hydroxylation is 1. The van der Waals surface area contributed by atoms with Crippen molar-refractivity contribution < 1.29 is 4.39 Å². The third kappa shape index (κ3) is 2.31. The standard InChI is InChI=1S/C14H15FN2S/c15-10-6-4-9(5-7-10)8-13-17-14-11(16)2-1-3-12(14)18-13/h4-7,11H,1-3,8,16H2. The summed E-state index contributed by atoms with van der Waals surface area (Å²) in [5.74, 6) is -0.195. The Labute approximate surface area is 110 Å². The van der Waals surface area contributed by atoms with E-state index in [1.807, 2.05) is 12.1 Å². The highest BCUT2D eigenvalue weighted by Gasteiger charge is 2.21. The zero-order valence-corrected chi connectivity index (χ0v) is 10.8. The van der Waals surface area contributed by atoms with Gasteiger partial charge >= 0.3 is 0 Å². The van der Waals surface area contributed by atoms with Gasteiger partial charge in [-0.05, 0) is 37.0 Å². The molecule has 3 rings (SSSR count). The largest absolute Gasteiger partial charge is 0.323 e. The molecule has 0 saturated carbocycles. The summed E-state index contributed by atoms with van der Waals surface area (Å²) in [5.41, 5.74) is 8.25. The Morgan fingerprint density at radius 2 is 2.11 bits per heavy atom. The van der Waals surface area contributed by atoms with Gasteiger partial charge in [0.15, 0.2) is 0 Å². The van der Waals surface area contributed by atoms with E-state index in [4.69, 9.17) is 5.73 Å². The van der Waals surface area contributed by atoms with Crippen LogP contribution in [0.15, 0.2) is 24.3 Å². The first-order valence-electron chi connectivity index (χ1n) is 6.21. The van der Waals surface area contributed by atoms with Gasteiger partial charge in [-0.25, -0.2) is 9.37 Å². The van der Waals surface area contributed by atoms with Crippen LogP contribution >= 0.6 is 11.3 Å². The van der Waals surface area contributed by atoms with Crippen molar-refractivity contribution in [2.24, 2.45) is 5.73 Å². The van der Waals surface area contributed by atoms with Gasteiger partial charge in [0.05, 0.1) is 10.7 Å². The topological polar surface area (TPSA) is 38.9 Å². The first-order chi connectivity index (χ1) is 8.72. The Balaban J connectivity index is 1.83. The molecule has 0 spiro atoms. The number of fused-ring (bicyclic) bond motifs is 1. The Hall–Kier alpha value is -1.26. The minimum Gasteiger partial charge on any atom is -0.323 e. The van der Waals surface area contributed by atoms with Crippen LogP contribution < -0.4 is 5.73 Å². The average molecular weight is 262 g/mol. The van der Waals surface area contributed by atoms with E-state index in [1.165, 1.54) is 17.0 Å². The molecule has 0 aliphatic heterocycles. The Morgan fingerprint density at radius 1 is 1.33 bits per heavy atom. The van der Waals surface area contributed by atoms with Gasteiger partial charge in [-0.1, -0.05) is 12.1 Å². The lowest BCUT2D eigenvalue weighted by atomic mass is 9.99. The highest BCUT2D eigenvalue weighted by atomic mass is 32.1. The highest BCUT2D eigenvalue weighted by Crippen LogP contribution is 2.32. The highest BCUT2D eigenvalue weighted by molar-refractivity contribution is 7.11. The maximum Gasteiger partial charge on any atom is 0.123 e. The molecule has 1 aliphatic rings. The first kappa shape index (κ1) is 11.8. The molecule has 2 nitrogen and oxygen atoms in total. The van der Waals surface area contributed by atoms with Gasteiger partial charge in [0.2, 0.25) is 0 Å². The summed E-state index contributed by atoms with van der Waals surface area (Å²) in [6.45, 7) is 0. The van der Waals surface area contributed by atoms with Crippen LogP contribution in [0.2, 0.25) is 0 Å². The predicted molar refractivity (Wildman–Crippen MR) is 71.2 cm³/mol. The Kier molecular flexibility index (Phi) is 3.14. The minimum absolute atomic E-state index is 0.104. The fourth-order valence-corrected chi connectivity index (χ4v) is 3.57. The number of nitrogens with zero attached hydrogens (tertiary/aromatic N) is 1. The van der Waals surface area contributed by atoms with Crippen LogP contribution in [0, 0.1) is 5.82 Å². The molecule has 18 heavy (non-hydrogen) atoms. The Morgan fingerprint density at radius 3 is 2.83 bits per heavy atom. The van der Waals surface area contributed by atoms with Crippen LogP contribution in [0.5, 0.6) is 0 Å². The normalized spacial score (nSPS) is 18.7. The summed E-state index contributed by atoms with van der Waals surface area (Å²) < 4.78 is 12.8.